The highest BCUT2D eigenvalue weighted by Crippen LogP contribution is 2.37. The van der Waals surface area contributed by atoms with E-state index in [1.54, 1.807) is 0 Å². The van der Waals surface area contributed by atoms with E-state index in [0.717, 1.165) is 12.6 Å². The largest absolute Gasteiger partial charge is 0.366 e. The topological polar surface area (TPSA) is 21.3 Å². The van der Waals surface area contributed by atoms with Crippen LogP contribution < -0.4 is 5.32 Å². The SMILES string of the molecule is CC(OC1(CNC2CC2)CCCC1)c1ccccc1. The van der Waals surface area contributed by atoms with Gasteiger partial charge in [0.1, 0.15) is 0 Å². The summed E-state index contributed by atoms with van der Waals surface area (Å²) in [4.78, 5) is 0. The van der Waals surface area contributed by atoms with Crippen LogP contribution in [-0.2, 0) is 4.74 Å². The van der Waals surface area contributed by atoms with Crippen LogP contribution in [0.25, 0.3) is 0 Å². The van der Waals surface area contributed by atoms with E-state index < -0.39 is 0 Å². The zero-order valence-corrected chi connectivity index (χ0v) is 11.9. The molecule has 19 heavy (non-hydrogen) atoms. The number of benzene rings is 1. The van der Waals surface area contributed by atoms with Crippen LogP contribution in [0, 0.1) is 0 Å². The van der Waals surface area contributed by atoms with Crippen molar-refractivity contribution in [1.82, 2.24) is 5.32 Å². The number of ether oxygens (including phenoxy) is 1. The zero-order chi connectivity index (χ0) is 13.1. The Balaban J connectivity index is 1.63. The molecular formula is C17H25NO. The Kier molecular flexibility index (Phi) is 3.90. The van der Waals surface area contributed by atoms with Gasteiger partial charge >= 0.3 is 0 Å². The monoisotopic (exact) mass is 259 g/mol. The van der Waals surface area contributed by atoms with Crippen LogP contribution in [0.2, 0.25) is 0 Å². The van der Waals surface area contributed by atoms with Crippen LogP contribution in [0.15, 0.2) is 30.3 Å². The van der Waals surface area contributed by atoms with Gasteiger partial charge < -0.3 is 10.1 Å². The van der Waals surface area contributed by atoms with Crippen LogP contribution in [0.1, 0.15) is 57.1 Å². The lowest BCUT2D eigenvalue weighted by Crippen LogP contribution is -2.42. The summed E-state index contributed by atoms with van der Waals surface area (Å²) in [6.07, 6.45) is 7.95. The molecule has 2 aliphatic carbocycles. The smallest absolute Gasteiger partial charge is 0.0814 e. The number of nitrogens with one attached hydrogen (secondary N) is 1. The van der Waals surface area contributed by atoms with E-state index in [1.807, 2.05) is 0 Å². The molecule has 1 atom stereocenters. The van der Waals surface area contributed by atoms with Gasteiger partial charge in [-0.05, 0) is 38.2 Å². The molecule has 1 aromatic carbocycles. The van der Waals surface area contributed by atoms with E-state index in [1.165, 1.54) is 44.1 Å². The molecule has 1 N–H and O–H groups in total. The van der Waals surface area contributed by atoms with Gasteiger partial charge in [-0.2, -0.15) is 0 Å². The molecule has 2 nitrogen and oxygen atoms in total. The van der Waals surface area contributed by atoms with Crippen molar-refractivity contribution < 1.29 is 4.74 Å². The predicted octanol–water partition coefficient (Wildman–Crippen LogP) is 3.83. The third-order valence-electron chi connectivity index (χ3n) is 4.50. The second-order valence-corrected chi connectivity index (χ2v) is 6.22. The first-order valence-corrected chi connectivity index (χ1v) is 7.74. The summed E-state index contributed by atoms with van der Waals surface area (Å²) < 4.78 is 6.50. The molecule has 1 aromatic rings. The maximum absolute atomic E-state index is 6.50. The third kappa shape index (κ3) is 3.37. The van der Waals surface area contributed by atoms with Crippen LogP contribution >= 0.6 is 0 Å². The molecule has 0 bridgehead atoms. The molecule has 2 aliphatic rings. The van der Waals surface area contributed by atoms with Gasteiger partial charge in [0.2, 0.25) is 0 Å². The molecule has 0 spiro atoms. The van der Waals surface area contributed by atoms with Crippen molar-refractivity contribution in [3.05, 3.63) is 35.9 Å². The molecule has 0 radical (unpaired) electrons. The molecule has 0 heterocycles. The van der Waals surface area contributed by atoms with E-state index in [-0.39, 0.29) is 11.7 Å². The molecular weight excluding hydrogens is 234 g/mol. The summed E-state index contributed by atoms with van der Waals surface area (Å²) in [7, 11) is 0. The van der Waals surface area contributed by atoms with Gasteiger partial charge in [-0.1, -0.05) is 43.2 Å². The quantitative estimate of drug-likeness (QED) is 0.838. The fourth-order valence-corrected chi connectivity index (χ4v) is 3.14. The fraction of sp³-hybridized carbons (Fsp3) is 0.647. The summed E-state index contributed by atoms with van der Waals surface area (Å²) in [5, 5.41) is 3.67. The van der Waals surface area contributed by atoms with E-state index in [2.05, 4.69) is 42.6 Å². The summed E-state index contributed by atoms with van der Waals surface area (Å²) in [6, 6.07) is 11.4. The molecule has 0 amide bonds. The lowest BCUT2D eigenvalue weighted by molar-refractivity contribution is -0.0836. The molecule has 2 heteroatoms. The lowest BCUT2D eigenvalue weighted by Gasteiger charge is -2.33. The second kappa shape index (κ2) is 5.64. The number of hydrogen-bond acceptors (Lipinski definition) is 2. The van der Waals surface area contributed by atoms with Crippen molar-refractivity contribution in [1.29, 1.82) is 0 Å². The Bertz CT molecular complexity index is 393. The van der Waals surface area contributed by atoms with Gasteiger partial charge in [-0.25, -0.2) is 0 Å². The van der Waals surface area contributed by atoms with Crippen LogP contribution in [0.4, 0.5) is 0 Å². The Morgan fingerprint density at radius 2 is 1.89 bits per heavy atom. The van der Waals surface area contributed by atoms with Crippen molar-refractivity contribution in [3.8, 4) is 0 Å². The van der Waals surface area contributed by atoms with E-state index in [4.69, 9.17) is 4.74 Å². The average Bonchev–Trinajstić information content (AvgIpc) is 3.17. The molecule has 1 unspecified atom stereocenters. The van der Waals surface area contributed by atoms with Gasteiger partial charge in [0.15, 0.2) is 0 Å². The molecule has 3 rings (SSSR count). The van der Waals surface area contributed by atoms with E-state index >= 15 is 0 Å². The molecule has 0 aliphatic heterocycles. The second-order valence-electron chi connectivity index (χ2n) is 6.22. The van der Waals surface area contributed by atoms with Crippen molar-refractivity contribution in [2.75, 3.05) is 6.54 Å². The average molecular weight is 259 g/mol. The van der Waals surface area contributed by atoms with Gasteiger partial charge in [-0.3, -0.25) is 0 Å². The number of hydrogen-bond donors (Lipinski definition) is 1. The van der Waals surface area contributed by atoms with Crippen molar-refractivity contribution in [2.24, 2.45) is 0 Å². The minimum Gasteiger partial charge on any atom is -0.366 e. The zero-order valence-electron chi connectivity index (χ0n) is 11.9. The van der Waals surface area contributed by atoms with Crippen molar-refractivity contribution in [3.63, 3.8) is 0 Å². The van der Waals surface area contributed by atoms with Gasteiger partial charge in [-0.15, -0.1) is 0 Å². The first-order valence-electron chi connectivity index (χ1n) is 7.74. The highest BCUT2D eigenvalue weighted by Gasteiger charge is 2.37. The summed E-state index contributed by atoms with van der Waals surface area (Å²) in [5.74, 6) is 0. The van der Waals surface area contributed by atoms with Gasteiger partial charge in [0.25, 0.3) is 0 Å². The minimum absolute atomic E-state index is 0.0812. The highest BCUT2D eigenvalue weighted by molar-refractivity contribution is 5.17. The van der Waals surface area contributed by atoms with Crippen LogP contribution in [0.3, 0.4) is 0 Å². The summed E-state index contributed by atoms with van der Waals surface area (Å²) >= 11 is 0. The standard InChI is InChI=1S/C17H25NO/c1-14(15-7-3-2-4-8-15)19-17(11-5-6-12-17)13-18-16-9-10-16/h2-4,7-8,14,16,18H,5-6,9-13H2,1H3. The molecule has 0 aromatic heterocycles. The van der Waals surface area contributed by atoms with Crippen LogP contribution in [-0.4, -0.2) is 18.2 Å². The molecule has 2 fully saturated rings. The Labute approximate surface area is 116 Å². The summed E-state index contributed by atoms with van der Waals surface area (Å²) in [5.41, 5.74) is 1.37. The molecule has 2 saturated carbocycles. The van der Waals surface area contributed by atoms with Crippen LogP contribution in [0.5, 0.6) is 0 Å². The minimum atomic E-state index is 0.0812. The maximum atomic E-state index is 6.50. The number of rotatable bonds is 6. The van der Waals surface area contributed by atoms with Crippen molar-refractivity contribution in [2.45, 2.75) is 63.2 Å². The Morgan fingerprint density at radius 1 is 1.21 bits per heavy atom. The third-order valence-corrected chi connectivity index (χ3v) is 4.50. The van der Waals surface area contributed by atoms with E-state index in [9.17, 15) is 0 Å². The van der Waals surface area contributed by atoms with Gasteiger partial charge in [0, 0.05) is 12.6 Å². The summed E-state index contributed by atoms with van der Waals surface area (Å²) in [6.45, 7) is 3.22. The van der Waals surface area contributed by atoms with Crippen molar-refractivity contribution >= 4 is 0 Å². The normalized spacial score (nSPS) is 23.4. The fourth-order valence-electron chi connectivity index (χ4n) is 3.14. The lowest BCUT2D eigenvalue weighted by atomic mass is 10.0. The maximum Gasteiger partial charge on any atom is 0.0814 e. The van der Waals surface area contributed by atoms with E-state index in [0.29, 0.717) is 0 Å². The Morgan fingerprint density at radius 3 is 2.53 bits per heavy atom. The predicted molar refractivity (Wildman–Crippen MR) is 78.2 cm³/mol. The Hall–Kier alpha value is -0.860. The van der Waals surface area contributed by atoms with Gasteiger partial charge in [0.05, 0.1) is 11.7 Å². The first-order chi connectivity index (χ1) is 9.27. The molecule has 104 valence electrons. The first kappa shape index (κ1) is 13.1. The highest BCUT2D eigenvalue weighted by atomic mass is 16.5. The molecule has 0 saturated heterocycles.